The second-order valence-electron chi connectivity index (χ2n) is 10.4. The van der Waals surface area contributed by atoms with Gasteiger partial charge in [-0.15, -0.1) is 0 Å². The molecule has 0 aliphatic carbocycles. The molecule has 5 heteroatoms. The summed E-state index contributed by atoms with van der Waals surface area (Å²) in [5.41, 5.74) is 6.43. The fourth-order valence-electron chi connectivity index (χ4n) is 4.23. The minimum atomic E-state index is -0.0499. The first kappa shape index (κ1) is 29.7. The van der Waals surface area contributed by atoms with E-state index in [1.807, 2.05) is 92.7 Å². The summed E-state index contributed by atoms with van der Waals surface area (Å²) in [4.78, 5) is 13.6. The molecular formula is C33H36LiO3P. The molecular weight excluding hydrogens is 482 g/mol. The van der Waals surface area contributed by atoms with E-state index in [2.05, 4.69) is 32.9 Å². The first-order valence-corrected chi connectivity index (χ1v) is 13.6. The van der Waals surface area contributed by atoms with Crippen LogP contribution >= 0.6 is 8.58 Å². The fraction of sp³-hybridized carbons (Fsp3) is 0.242. The van der Waals surface area contributed by atoms with Crippen LogP contribution in [0.1, 0.15) is 60.4 Å². The van der Waals surface area contributed by atoms with Crippen LogP contribution in [0.2, 0.25) is 0 Å². The smallest absolute Gasteiger partial charge is 1.00 e. The van der Waals surface area contributed by atoms with Crippen molar-refractivity contribution in [1.29, 1.82) is 0 Å². The van der Waals surface area contributed by atoms with Crippen molar-refractivity contribution in [3.63, 3.8) is 0 Å². The summed E-state index contributed by atoms with van der Waals surface area (Å²) in [5.74, 6) is 1.40. The zero-order chi connectivity index (χ0) is 26.4. The third-order valence-electron chi connectivity index (χ3n) is 6.31. The van der Waals surface area contributed by atoms with E-state index in [0.29, 0.717) is 19.0 Å². The van der Waals surface area contributed by atoms with Gasteiger partial charge in [0.15, 0.2) is 5.52 Å². The van der Waals surface area contributed by atoms with E-state index in [1.165, 1.54) is 5.56 Å². The van der Waals surface area contributed by atoms with E-state index in [0.717, 1.165) is 38.9 Å². The molecule has 0 aromatic heterocycles. The van der Waals surface area contributed by atoms with Crippen molar-refractivity contribution >= 4 is 19.4 Å². The first-order chi connectivity index (χ1) is 17.7. The molecule has 0 aliphatic rings. The van der Waals surface area contributed by atoms with Gasteiger partial charge in [0.25, 0.3) is 0 Å². The molecule has 4 aromatic rings. The van der Waals surface area contributed by atoms with Crippen LogP contribution in [-0.4, -0.2) is 5.52 Å². The molecule has 0 bridgehead atoms. The number of rotatable bonds is 9. The predicted molar refractivity (Wildman–Crippen MR) is 156 cm³/mol. The Morgan fingerprint density at radius 1 is 0.763 bits per heavy atom. The van der Waals surface area contributed by atoms with Crippen molar-refractivity contribution in [2.45, 2.75) is 53.2 Å². The van der Waals surface area contributed by atoms with Gasteiger partial charge in [-0.1, -0.05) is 93.6 Å². The Hall–Kier alpha value is -2.82. The van der Waals surface area contributed by atoms with Crippen LogP contribution in [0.3, 0.4) is 0 Å². The van der Waals surface area contributed by atoms with Gasteiger partial charge in [0, 0.05) is 16.9 Å². The number of ether oxygens (including phenoxy) is 2. The van der Waals surface area contributed by atoms with Crippen LogP contribution in [0, 0.1) is 13.8 Å². The summed E-state index contributed by atoms with van der Waals surface area (Å²) < 4.78 is 12.3. The second-order valence-corrected chi connectivity index (χ2v) is 11.6. The van der Waals surface area contributed by atoms with Crippen molar-refractivity contribution in [3.8, 4) is 11.5 Å². The van der Waals surface area contributed by atoms with Gasteiger partial charge in [-0.25, -0.2) is 0 Å². The van der Waals surface area contributed by atoms with Gasteiger partial charge < -0.3 is 10.9 Å². The van der Waals surface area contributed by atoms with Gasteiger partial charge in [0.05, 0.1) is 0 Å². The fourth-order valence-corrected chi connectivity index (χ4v) is 5.43. The van der Waals surface area contributed by atoms with Crippen LogP contribution in [0.25, 0.3) is 0 Å². The van der Waals surface area contributed by atoms with Crippen LogP contribution < -0.4 is 33.6 Å². The summed E-state index contributed by atoms with van der Waals surface area (Å²) >= 11 is 0. The van der Waals surface area contributed by atoms with E-state index in [4.69, 9.17) is 9.47 Å². The van der Waals surface area contributed by atoms with Crippen LogP contribution in [0.15, 0.2) is 91.0 Å². The van der Waals surface area contributed by atoms with Crippen molar-refractivity contribution in [1.82, 2.24) is 0 Å². The molecule has 1 atom stereocenters. The predicted octanol–water partition coefficient (Wildman–Crippen LogP) is 5.02. The molecule has 4 aromatic carbocycles. The van der Waals surface area contributed by atoms with Gasteiger partial charge >= 0.3 is 18.9 Å². The largest absolute Gasteiger partial charge is 1.00 e. The molecule has 0 saturated carbocycles. The molecule has 3 nitrogen and oxygen atoms in total. The normalized spacial score (nSPS) is 11.3. The van der Waals surface area contributed by atoms with Crippen LogP contribution in [-0.2, 0) is 18.6 Å². The summed E-state index contributed by atoms with van der Waals surface area (Å²) in [6, 6.07) is 30.2. The summed E-state index contributed by atoms with van der Waals surface area (Å²) in [5, 5.41) is 0.881. The molecule has 0 amide bonds. The summed E-state index contributed by atoms with van der Waals surface area (Å²) in [6.07, 6.45) is 0. The minimum absolute atomic E-state index is 0. The Morgan fingerprint density at radius 3 is 1.82 bits per heavy atom. The Morgan fingerprint density at radius 2 is 1.29 bits per heavy atom. The van der Waals surface area contributed by atoms with Crippen molar-refractivity contribution in [2.24, 2.45) is 0 Å². The molecule has 192 valence electrons. The van der Waals surface area contributed by atoms with Crippen LogP contribution in [0.5, 0.6) is 11.5 Å². The van der Waals surface area contributed by atoms with Gasteiger partial charge in [0.1, 0.15) is 24.7 Å². The number of hydrogen-bond donors (Lipinski definition) is 0. The average Bonchev–Trinajstić information content (AvgIpc) is 2.87. The number of aryl methyl sites for hydroxylation is 2. The molecule has 0 spiro atoms. The quantitative estimate of drug-likeness (QED) is 0.231. The molecule has 0 radical (unpaired) electrons. The number of benzene rings is 4. The Bertz CT molecular complexity index is 1350. The van der Waals surface area contributed by atoms with E-state index < -0.39 is 0 Å². The maximum atomic E-state index is 13.6. The van der Waals surface area contributed by atoms with Crippen molar-refractivity contribution in [2.75, 3.05) is 0 Å². The monoisotopic (exact) mass is 518 g/mol. The maximum absolute atomic E-state index is 13.6. The second kappa shape index (κ2) is 13.3. The van der Waals surface area contributed by atoms with Gasteiger partial charge in [-0.3, -0.25) is 4.79 Å². The molecule has 0 fully saturated rings. The zero-order valence-electron chi connectivity index (χ0n) is 24.3. The summed E-state index contributed by atoms with van der Waals surface area (Å²) in [6.45, 7) is 11.6. The number of hydrogen-bond acceptors (Lipinski definition) is 3. The Labute approximate surface area is 242 Å². The maximum Gasteiger partial charge on any atom is 1.00 e. The number of carbonyl (C=O) groups is 1. The Balaban J connectivity index is 0.00000267. The van der Waals surface area contributed by atoms with Crippen molar-refractivity contribution in [3.05, 3.63) is 124 Å². The third-order valence-corrected chi connectivity index (χ3v) is 7.47. The van der Waals surface area contributed by atoms with E-state index in [9.17, 15) is 4.79 Å². The van der Waals surface area contributed by atoms with E-state index in [-0.39, 0.29) is 39.8 Å². The summed E-state index contributed by atoms with van der Waals surface area (Å²) in [7, 11) is -0.0499. The van der Waals surface area contributed by atoms with Crippen LogP contribution in [0.4, 0.5) is 0 Å². The SMILES string of the molecule is Cc1cc(C(C)(C)C)cc(C)c1C(=O)Pc1ccc(OCc2ccccc2)cc1OCc1ccccc1.[H-].[Li+]. The zero-order valence-corrected chi connectivity index (χ0v) is 24.3. The van der Waals surface area contributed by atoms with Crippen molar-refractivity contribution < 1.29 is 34.6 Å². The molecule has 0 saturated heterocycles. The molecule has 38 heavy (non-hydrogen) atoms. The van der Waals surface area contributed by atoms with Gasteiger partial charge in [-0.2, -0.15) is 0 Å². The average molecular weight is 519 g/mol. The molecule has 0 heterocycles. The molecule has 0 aliphatic heterocycles. The Kier molecular flexibility index (Phi) is 10.4. The molecule has 4 rings (SSSR count). The molecule has 0 N–H and O–H groups in total. The van der Waals surface area contributed by atoms with E-state index in [1.54, 1.807) is 0 Å². The topological polar surface area (TPSA) is 35.5 Å². The first-order valence-electron chi connectivity index (χ1n) is 12.6. The van der Waals surface area contributed by atoms with E-state index >= 15 is 0 Å². The van der Waals surface area contributed by atoms with Gasteiger partial charge in [-0.05, 0) is 67.8 Å². The van der Waals surface area contributed by atoms with Gasteiger partial charge in [0.2, 0.25) is 0 Å². The number of carbonyl (C=O) groups excluding carboxylic acids is 1. The third kappa shape index (κ3) is 7.84. The standard InChI is InChI=1S/C33H35O3P.Li.H/c1-23-18-27(33(3,4)5)19-24(2)31(23)32(34)37-30-17-16-28(35-21-25-12-8-6-9-13-25)20-29(30)36-22-26-14-10-7-11-15-26;;/h6-20,37H,21-22H2,1-5H3;;/q;+1;-1. The molecule has 1 unspecified atom stereocenters. The minimum Gasteiger partial charge on any atom is -1.00 e.